The Hall–Kier alpha value is -4.09. The largest absolute Gasteiger partial charge is 0.493 e. The molecule has 0 fully saturated rings. The van der Waals surface area contributed by atoms with Gasteiger partial charge in [-0.25, -0.2) is 4.98 Å². The number of fused-ring (bicyclic) bond motifs is 5. The van der Waals surface area contributed by atoms with Gasteiger partial charge < -0.3 is 24.7 Å². The number of aryl methyl sites for hydroxylation is 1. The molecule has 0 spiro atoms. The van der Waals surface area contributed by atoms with Crippen molar-refractivity contribution < 1.29 is 19.1 Å². The van der Waals surface area contributed by atoms with Crippen LogP contribution in [-0.4, -0.2) is 75.4 Å². The number of ether oxygens (including phenoxy) is 2. The fourth-order valence-corrected chi connectivity index (χ4v) is 5.50. The molecule has 42 heavy (non-hydrogen) atoms. The highest BCUT2D eigenvalue weighted by molar-refractivity contribution is 6.35. The van der Waals surface area contributed by atoms with Gasteiger partial charge in [-0.05, 0) is 36.2 Å². The number of carbonyl (C=O) groups is 2. The molecule has 0 unspecified atom stereocenters. The van der Waals surface area contributed by atoms with Crippen LogP contribution in [0.4, 0.5) is 0 Å². The minimum Gasteiger partial charge on any atom is -0.493 e. The number of amides is 2. The van der Waals surface area contributed by atoms with E-state index in [1.165, 1.54) is 0 Å². The quantitative estimate of drug-likeness (QED) is 0.373. The first kappa shape index (κ1) is 29.4. The zero-order valence-corrected chi connectivity index (χ0v) is 25.0. The van der Waals surface area contributed by atoms with Gasteiger partial charge in [0.1, 0.15) is 18.5 Å². The number of nitrogens with zero attached hydrogens (tertiary/aromatic N) is 5. The Balaban J connectivity index is 1.47. The number of hydrogen-bond donors (Lipinski definition) is 2. The summed E-state index contributed by atoms with van der Waals surface area (Å²) in [5.74, 6) is 1.30. The topological polar surface area (TPSA) is 116 Å². The Labute approximate surface area is 249 Å². The molecule has 2 amide bonds. The van der Waals surface area contributed by atoms with Gasteiger partial charge in [0.15, 0.2) is 11.5 Å². The number of rotatable bonds is 4. The van der Waals surface area contributed by atoms with Crippen LogP contribution in [0, 0.1) is 5.92 Å². The van der Waals surface area contributed by atoms with Crippen LogP contribution in [0.5, 0.6) is 11.5 Å². The summed E-state index contributed by atoms with van der Waals surface area (Å²) in [7, 11) is 3.46. The van der Waals surface area contributed by atoms with Crippen molar-refractivity contribution >= 4 is 34.3 Å². The number of methoxy groups -OCH3 is 1. The highest BCUT2D eigenvalue weighted by atomic mass is 35.5. The van der Waals surface area contributed by atoms with Crippen LogP contribution in [0.1, 0.15) is 19.5 Å². The molecular formula is C30H36ClN7O4. The molecule has 1 aliphatic heterocycles. The van der Waals surface area contributed by atoms with Crippen LogP contribution in [0.15, 0.2) is 48.8 Å². The van der Waals surface area contributed by atoms with Gasteiger partial charge in [-0.15, -0.1) is 0 Å². The van der Waals surface area contributed by atoms with E-state index in [0.29, 0.717) is 42.7 Å². The van der Waals surface area contributed by atoms with E-state index >= 15 is 0 Å². The van der Waals surface area contributed by atoms with E-state index in [0.717, 1.165) is 28.0 Å². The number of aromatic nitrogens is 4. The minimum absolute atomic E-state index is 0.0366. The van der Waals surface area contributed by atoms with E-state index in [2.05, 4.69) is 15.6 Å². The maximum absolute atomic E-state index is 13.3. The lowest BCUT2D eigenvalue weighted by molar-refractivity contribution is -0.130. The molecule has 0 radical (unpaired) electrons. The number of hydrogen-bond acceptors (Lipinski definition) is 7. The Kier molecular flexibility index (Phi) is 8.98. The van der Waals surface area contributed by atoms with Crippen molar-refractivity contribution in [1.29, 1.82) is 0 Å². The second-order valence-electron chi connectivity index (χ2n) is 10.7. The molecule has 12 heteroatoms. The van der Waals surface area contributed by atoms with Gasteiger partial charge in [0.05, 0.1) is 29.9 Å². The van der Waals surface area contributed by atoms with Gasteiger partial charge in [-0.3, -0.25) is 19.2 Å². The molecule has 3 heterocycles. The zero-order valence-electron chi connectivity index (χ0n) is 24.3. The van der Waals surface area contributed by atoms with Crippen molar-refractivity contribution in [2.24, 2.45) is 13.0 Å². The molecule has 0 saturated heterocycles. The predicted molar refractivity (Wildman–Crippen MR) is 160 cm³/mol. The van der Waals surface area contributed by atoms with Crippen LogP contribution in [0.2, 0.25) is 5.02 Å². The number of nitrogens with one attached hydrogen (secondary N) is 2. The molecule has 2 N–H and O–H groups in total. The molecule has 11 nitrogen and oxygen atoms in total. The molecule has 0 saturated carbocycles. The fourth-order valence-electron chi connectivity index (χ4n) is 5.22. The Morgan fingerprint density at radius 3 is 2.81 bits per heavy atom. The van der Waals surface area contributed by atoms with Crippen molar-refractivity contribution in [3.63, 3.8) is 0 Å². The van der Waals surface area contributed by atoms with Crippen LogP contribution in [-0.2, 0) is 29.7 Å². The lowest BCUT2D eigenvalue weighted by Gasteiger charge is -2.25. The lowest BCUT2D eigenvalue weighted by atomic mass is 10.0. The van der Waals surface area contributed by atoms with Crippen LogP contribution in [0.25, 0.3) is 22.3 Å². The van der Waals surface area contributed by atoms with Gasteiger partial charge in [-0.2, -0.15) is 5.10 Å². The second-order valence-corrected chi connectivity index (χ2v) is 11.1. The monoisotopic (exact) mass is 593 g/mol. The van der Waals surface area contributed by atoms with E-state index in [9.17, 15) is 9.59 Å². The summed E-state index contributed by atoms with van der Waals surface area (Å²) in [4.78, 5) is 33.0. The van der Waals surface area contributed by atoms with Gasteiger partial charge in [0.2, 0.25) is 11.8 Å². The standard InChI is InChI=1S/C30H36ClN7O4/c1-19(2)28-30(40)33-11-13-38-12-10-32-29(38)20-8-9-24(41-4)25(16-20)42-15-14-37(18-26(39)34-28)17-22-27-21(31)6-5-7-23(27)36(3)35-22/h5-10,12,16,19,28H,11,13-15,17-18H2,1-4H3,(H,33,40)(H,34,39)/t28-/m1/s1. The van der Waals surface area contributed by atoms with Crippen molar-refractivity contribution in [3.8, 4) is 22.9 Å². The highest BCUT2D eigenvalue weighted by Gasteiger charge is 2.26. The van der Waals surface area contributed by atoms with E-state index in [1.54, 1.807) is 18.0 Å². The maximum Gasteiger partial charge on any atom is 0.242 e. The van der Waals surface area contributed by atoms with E-state index in [4.69, 9.17) is 26.2 Å². The minimum atomic E-state index is -0.682. The first-order valence-corrected chi connectivity index (χ1v) is 14.3. The first-order chi connectivity index (χ1) is 20.2. The Morgan fingerprint density at radius 1 is 1.19 bits per heavy atom. The SMILES string of the molecule is COc1ccc2cc1OCCN(Cc1nn(C)c3cccc(Cl)c13)CC(=O)N[C@H](C(C)C)C(=O)NCCn1ccnc1-2. The van der Waals surface area contributed by atoms with Gasteiger partial charge >= 0.3 is 0 Å². The Morgan fingerprint density at radius 2 is 2.02 bits per heavy atom. The smallest absolute Gasteiger partial charge is 0.242 e. The normalized spacial score (nSPS) is 17.3. The summed E-state index contributed by atoms with van der Waals surface area (Å²) < 4.78 is 15.5. The molecule has 222 valence electrons. The highest BCUT2D eigenvalue weighted by Crippen LogP contribution is 2.32. The predicted octanol–water partition coefficient (Wildman–Crippen LogP) is 3.25. The van der Waals surface area contributed by atoms with Crippen LogP contribution < -0.4 is 20.1 Å². The average molecular weight is 594 g/mol. The average Bonchev–Trinajstić information content (AvgIpc) is 3.55. The summed E-state index contributed by atoms with van der Waals surface area (Å²) in [6.07, 6.45) is 3.59. The molecule has 1 aliphatic rings. The number of carbonyl (C=O) groups excluding carboxylic acids is 2. The third-order valence-electron chi connectivity index (χ3n) is 7.36. The van der Waals surface area contributed by atoms with Gasteiger partial charge in [0, 0.05) is 56.6 Å². The summed E-state index contributed by atoms with van der Waals surface area (Å²) in [5, 5.41) is 12.1. The molecule has 2 aromatic heterocycles. The van der Waals surface area contributed by atoms with Crippen molar-refractivity contribution in [2.75, 3.05) is 33.4 Å². The molecule has 2 aromatic carbocycles. The summed E-state index contributed by atoms with van der Waals surface area (Å²) in [5.41, 5.74) is 2.51. The molecule has 0 aliphatic carbocycles. The van der Waals surface area contributed by atoms with E-state index in [1.807, 2.05) is 73.0 Å². The Bertz CT molecular complexity index is 1580. The maximum atomic E-state index is 13.3. The molecule has 5 rings (SSSR count). The summed E-state index contributed by atoms with van der Waals surface area (Å²) in [6.45, 7) is 5.77. The van der Waals surface area contributed by atoms with Gasteiger partial charge in [0.25, 0.3) is 0 Å². The summed E-state index contributed by atoms with van der Waals surface area (Å²) in [6, 6.07) is 10.7. The molecule has 4 aromatic rings. The van der Waals surface area contributed by atoms with Crippen molar-refractivity contribution in [1.82, 2.24) is 34.9 Å². The second kappa shape index (κ2) is 12.8. The fraction of sp³-hybridized carbons (Fsp3) is 0.400. The third kappa shape index (κ3) is 6.37. The van der Waals surface area contributed by atoms with E-state index < -0.39 is 6.04 Å². The summed E-state index contributed by atoms with van der Waals surface area (Å²) >= 11 is 6.57. The lowest BCUT2D eigenvalue weighted by Crippen LogP contribution is -2.52. The number of benzene rings is 2. The van der Waals surface area contributed by atoms with Gasteiger partial charge in [-0.1, -0.05) is 31.5 Å². The van der Waals surface area contributed by atoms with Crippen molar-refractivity contribution in [3.05, 3.63) is 59.5 Å². The van der Waals surface area contributed by atoms with Crippen molar-refractivity contribution in [2.45, 2.75) is 33.0 Å². The third-order valence-corrected chi connectivity index (χ3v) is 7.68. The van der Waals surface area contributed by atoms with Crippen LogP contribution >= 0.6 is 11.6 Å². The van der Waals surface area contributed by atoms with Crippen LogP contribution in [0.3, 0.4) is 0 Å². The molecular weight excluding hydrogens is 558 g/mol. The van der Waals surface area contributed by atoms with E-state index in [-0.39, 0.29) is 30.9 Å². The zero-order chi connectivity index (χ0) is 29.8. The number of halogens is 1. The first-order valence-electron chi connectivity index (χ1n) is 14.0. The number of imidazole rings is 1. The molecule has 1 atom stereocenters. The molecule has 2 bridgehead atoms.